The molecule has 1 N–H and O–H groups in total. The maximum Gasteiger partial charge on any atom is 0.272 e. The minimum Gasteiger partial charge on any atom is -0.342 e. The molecule has 26 heavy (non-hydrogen) atoms. The van der Waals surface area contributed by atoms with Crippen LogP contribution in [-0.4, -0.2) is 58.3 Å². The third kappa shape index (κ3) is 3.82. The highest BCUT2D eigenvalue weighted by Crippen LogP contribution is 2.23. The van der Waals surface area contributed by atoms with Crippen LogP contribution in [0, 0.1) is 6.92 Å². The van der Waals surface area contributed by atoms with Gasteiger partial charge in [-0.1, -0.05) is 25.1 Å². The number of hydrogen-bond acceptors (Lipinski definition) is 5. The molecule has 0 spiro atoms. The molecule has 1 saturated heterocycles. The molecule has 1 fully saturated rings. The maximum absolute atomic E-state index is 12.7. The van der Waals surface area contributed by atoms with E-state index in [1.165, 1.54) is 5.56 Å². The first-order valence-electron chi connectivity index (χ1n) is 8.79. The number of carbonyl (C=O) groups excluding carboxylic acids is 2. The van der Waals surface area contributed by atoms with E-state index in [-0.39, 0.29) is 5.91 Å². The van der Waals surface area contributed by atoms with Gasteiger partial charge in [0.05, 0.1) is 0 Å². The molecule has 0 bridgehead atoms. The molecule has 7 heteroatoms. The summed E-state index contributed by atoms with van der Waals surface area (Å²) in [5.41, 5.74) is 3.62. The predicted molar refractivity (Wildman–Crippen MR) is 99.4 cm³/mol. The van der Waals surface area contributed by atoms with Gasteiger partial charge in [0.25, 0.3) is 5.91 Å². The van der Waals surface area contributed by atoms with Gasteiger partial charge in [0, 0.05) is 38.1 Å². The number of nitrogens with zero attached hydrogens (tertiary/aromatic N) is 4. The number of carbonyl (C=O) groups is 2. The van der Waals surface area contributed by atoms with Gasteiger partial charge in [0.2, 0.25) is 12.4 Å². The van der Waals surface area contributed by atoms with Crippen molar-refractivity contribution in [3.05, 3.63) is 47.3 Å². The first-order chi connectivity index (χ1) is 12.6. The van der Waals surface area contributed by atoms with E-state index in [1.807, 2.05) is 19.1 Å². The molecule has 0 unspecified atom stereocenters. The third-order valence-electron chi connectivity index (χ3n) is 4.60. The lowest BCUT2D eigenvalue weighted by Gasteiger charge is -2.32. The lowest BCUT2D eigenvalue weighted by Crippen LogP contribution is -2.48. The van der Waals surface area contributed by atoms with Gasteiger partial charge in [-0.3, -0.25) is 9.59 Å². The average Bonchev–Trinajstić information content (AvgIpc) is 2.69. The highest BCUT2D eigenvalue weighted by Gasteiger charge is 2.22. The first-order valence-corrected chi connectivity index (χ1v) is 8.79. The van der Waals surface area contributed by atoms with E-state index in [0.717, 1.165) is 24.1 Å². The number of aromatic nitrogens is 2. The SMILES string of the molecule is CCc1cccc(C)c1Nc1nccc(C(=O)N2CCN(C=O)CC2)n1. The topological polar surface area (TPSA) is 78.4 Å². The molecule has 1 aliphatic rings. The molecule has 136 valence electrons. The molecule has 2 heterocycles. The molecule has 0 radical (unpaired) electrons. The summed E-state index contributed by atoms with van der Waals surface area (Å²) >= 11 is 0. The van der Waals surface area contributed by atoms with Gasteiger partial charge in [0.1, 0.15) is 5.69 Å². The fourth-order valence-electron chi connectivity index (χ4n) is 3.04. The van der Waals surface area contributed by atoms with Crippen molar-refractivity contribution in [3.63, 3.8) is 0 Å². The lowest BCUT2D eigenvalue weighted by atomic mass is 10.1. The summed E-state index contributed by atoms with van der Waals surface area (Å²) in [6, 6.07) is 7.75. The number of piperazine rings is 1. The largest absolute Gasteiger partial charge is 0.342 e. The van der Waals surface area contributed by atoms with Crippen molar-refractivity contribution in [1.82, 2.24) is 19.8 Å². The van der Waals surface area contributed by atoms with Crippen molar-refractivity contribution in [3.8, 4) is 0 Å². The van der Waals surface area contributed by atoms with E-state index >= 15 is 0 Å². The highest BCUT2D eigenvalue weighted by atomic mass is 16.2. The number of rotatable bonds is 5. The van der Waals surface area contributed by atoms with E-state index in [0.29, 0.717) is 37.8 Å². The molecule has 1 aromatic carbocycles. The number of hydrogen-bond donors (Lipinski definition) is 1. The quantitative estimate of drug-likeness (QED) is 0.832. The monoisotopic (exact) mass is 353 g/mol. The molecule has 0 saturated carbocycles. The van der Waals surface area contributed by atoms with Crippen LogP contribution in [0.1, 0.15) is 28.5 Å². The Labute approximate surface area is 153 Å². The van der Waals surface area contributed by atoms with Crippen LogP contribution in [0.25, 0.3) is 0 Å². The second kappa shape index (κ2) is 7.95. The van der Waals surface area contributed by atoms with Crippen molar-refractivity contribution in [1.29, 1.82) is 0 Å². The van der Waals surface area contributed by atoms with Crippen molar-refractivity contribution >= 4 is 24.0 Å². The average molecular weight is 353 g/mol. The molecule has 0 aliphatic carbocycles. The van der Waals surface area contributed by atoms with Gasteiger partial charge in [-0.2, -0.15) is 0 Å². The number of para-hydroxylation sites is 1. The Morgan fingerprint density at radius 2 is 2.00 bits per heavy atom. The summed E-state index contributed by atoms with van der Waals surface area (Å²) in [6.45, 7) is 6.26. The smallest absolute Gasteiger partial charge is 0.272 e. The first kappa shape index (κ1) is 17.8. The Balaban J connectivity index is 1.77. The molecule has 2 amide bonds. The molecule has 2 aromatic rings. The van der Waals surface area contributed by atoms with Gasteiger partial charge in [0.15, 0.2) is 0 Å². The number of nitrogens with one attached hydrogen (secondary N) is 1. The van der Waals surface area contributed by atoms with Crippen LogP contribution in [-0.2, 0) is 11.2 Å². The Kier molecular flexibility index (Phi) is 5.46. The minimum atomic E-state index is -0.138. The minimum absolute atomic E-state index is 0.138. The second-order valence-electron chi connectivity index (χ2n) is 6.29. The van der Waals surface area contributed by atoms with Crippen molar-refractivity contribution < 1.29 is 9.59 Å². The van der Waals surface area contributed by atoms with Crippen LogP contribution >= 0.6 is 0 Å². The number of benzene rings is 1. The van der Waals surface area contributed by atoms with Gasteiger partial charge in [-0.25, -0.2) is 9.97 Å². The van der Waals surface area contributed by atoms with E-state index in [1.54, 1.807) is 22.1 Å². The fourth-order valence-corrected chi connectivity index (χ4v) is 3.04. The summed E-state index contributed by atoms with van der Waals surface area (Å²) < 4.78 is 0. The van der Waals surface area contributed by atoms with Crippen LogP contribution in [0.15, 0.2) is 30.5 Å². The van der Waals surface area contributed by atoms with Crippen LogP contribution in [0.5, 0.6) is 0 Å². The zero-order valence-electron chi connectivity index (χ0n) is 15.1. The summed E-state index contributed by atoms with van der Waals surface area (Å²) in [5, 5.41) is 3.26. The van der Waals surface area contributed by atoms with Crippen LogP contribution in [0.3, 0.4) is 0 Å². The second-order valence-corrected chi connectivity index (χ2v) is 6.29. The number of anilines is 2. The fraction of sp³-hybridized carbons (Fsp3) is 0.368. The van der Waals surface area contributed by atoms with Gasteiger partial charge < -0.3 is 15.1 Å². The Morgan fingerprint density at radius 1 is 1.23 bits per heavy atom. The zero-order chi connectivity index (χ0) is 18.5. The summed E-state index contributed by atoms with van der Waals surface area (Å²) in [6.07, 6.45) is 3.31. The number of amides is 2. The maximum atomic E-state index is 12.7. The van der Waals surface area contributed by atoms with Crippen molar-refractivity contribution in [2.75, 3.05) is 31.5 Å². The van der Waals surface area contributed by atoms with E-state index in [4.69, 9.17) is 0 Å². The zero-order valence-corrected chi connectivity index (χ0v) is 15.1. The van der Waals surface area contributed by atoms with Crippen LogP contribution in [0.4, 0.5) is 11.6 Å². The van der Waals surface area contributed by atoms with Crippen LogP contribution in [0.2, 0.25) is 0 Å². The summed E-state index contributed by atoms with van der Waals surface area (Å²) in [4.78, 5) is 35.5. The lowest BCUT2D eigenvalue weighted by molar-refractivity contribution is -0.119. The van der Waals surface area contributed by atoms with Crippen molar-refractivity contribution in [2.24, 2.45) is 0 Å². The Morgan fingerprint density at radius 3 is 2.69 bits per heavy atom. The van der Waals surface area contributed by atoms with Gasteiger partial charge in [-0.15, -0.1) is 0 Å². The molecular formula is C19H23N5O2. The Bertz CT molecular complexity index is 800. The molecule has 0 atom stereocenters. The van der Waals surface area contributed by atoms with E-state index in [2.05, 4.69) is 28.3 Å². The summed E-state index contributed by atoms with van der Waals surface area (Å²) in [5.74, 6) is 0.271. The Hall–Kier alpha value is -2.96. The van der Waals surface area contributed by atoms with Gasteiger partial charge in [-0.05, 0) is 30.5 Å². The predicted octanol–water partition coefficient (Wildman–Crippen LogP) is 2.01. The molecule has 3 rings (SSSR count). The molecule has 7 nitrogen and oxygen atoms in total. The molecular weight excluding hydrogens is 330 g/mol. The van der Waals surface area contributed by atoms with Crippen LogP contribution < -0.4 is 5.32 Å². The molecule has 1 aromatic heterocycles. The highest BCUT2D eigenvalue weighted by molar-refractivity contribution is 5.92. The normalized spacial score (nSPS) is 14.2. The van der Waals surface area contributed by atoms with Gasteiger partial charge >= 0.3 is 0 Å². The third-order valence-corrected chi connectivity index (χ3v) is 4.60. The van der Waals surface area contributed by atoms with E-state index in [9.17, 15) is 9.59 Å². The number of aryl methyl sites for hydroxylation is 2. The standard InChI is InChI=1S/C19H23N5O2/c1-3-15-6-4-5-14(2)17(15)22-19-20-8-7-16(21-19)18(26)24-11-9-23(13-25)10-12-24/h4-8,13H,3,9-12H2,1-2H3,(H,20,21,22). The van der Waals surface area contributed by atoms with Crippen molar-refractivity contribution in [2.45, 2.75) is 20.3 Å². The van der Waals surface area contributed by atoms with E-state index < -0.39 is 0 Å². The molecule has 1 aliphatic heterocycles. The summed E-state index contributed by atoms with van der Waals surface area (Å²) in [7, 11) is 0.